The first-order valence-corrected chi connectivity index (χ1v) is 10.1. The molecule has 0 aromatic heterocycles. The van der Waals surface area contributed by atoms with E-state index in [1.807, 2.05) is 13.0 Å². The summed E-state index contributed by atoms with van der Waals surface area (Å²) in [6, 6.07) is 0. The van der Waals surface area contributed by atoms with Crippen molar-refractivity contribution in [2.45, 2.75) is 52.2 Å². The number of carbonyl (C=O) groups excluding carboxylic acids is 3. The molecule has 1 aliphatic heterocycles. The maximum atomic E-state index is 12.7. The Bertz CT molecular complexity index is 748. The van der Waals surface area contributed by atoms with Crippen LogP contribution in [-0.2, 0) is 28.6 Å². The van der Waals surface area contributed by atoms with Gasteiger partial charge in [-0.1, -0.05) is 18.6 Å². The van der Waals surface area contributed by atoms with Gasteiger partial charge in [0, 0.05) is 13.3 Å². The fourth-order valence-electron chi connectivity index (χ4n) is 3.73. The van der Waals surface area contributed by atoms with Gasteiger partial charge in [-0.3, -0.25) is 9.59 Å². The molecular formula is C22H30O8. The van der Waals surface area contributed by atoms with Gasteiger partial charge in [0.1, 0.15) is 18.8 Å². The molecule has 8 nitrogen and oxygen atoms in total. The maximum absolute atomic E-state index is 12.7. The third-order valence-corrected chi connectivity index (χ3v) is 5.40. The zero-order valence-corrected chi connectivity index (χ0v) is 17.6. The van der Waals surface area contributed by atoms with Crippen LogP contribution in [-0.4, -0.2) is 60.1 Å². The first-order chi connectivity index (χ1) is 14.3. The van der Waals surface area contributed by atoms with E-state index in [9.17, 15) is 24.6 Å². The van der Waals surface area contributed by atoms with Crippen LogP contribution in [0.4, 0.5) is 0 Å². The van der Waals surface area contributed by atoms with Crippen molar-refractivity contribution in [1.29, 1.82) is 0 Å². The van der Waals surface area contributed by atoms with E-state index in [-0.39, 0.29) is 24.8 Å². The summed E-state index contributed by atoms with van der Waals surface area (Å²) in [5, 5.41) is 19.2. The zero-order valence-electron chi connectivity index (χ0n) is 17.6. The molecule has 2 rings (SSSR count). The molecular weight excluding hydrogens is 392 g/mol. The highest BCUT2D eigenvalue weighted by Crippen LogP contribution is 2.37. The largest absolute Gasteiger partial charge is 0.462 e. The molecule has 1 heterocycles. The lowest BCUT2D eigenvalue weighted by atomic mass is 9.82. The smallest absolute Gasteiger partial charge is 0.336 e. The molecule has 166 valence electrons. The summed E-state index contributed by atoms with van der Waals surface area (Å²) in [7, 11) is 0. The van der Waals surface area contributed by atoms with Gasteiger partial charge in [0.25, 0.3) is 0 Å². The topological polar surface area (TPSA) is 119 Å². The van der Waals surface area contributed by atoms with Crippen molar-refractivity contribution in [1.82, 2.24) is 0 Å². The van der Waals surface area contributed by atoms with Crippen LogP contribution < -0.4 is 0 Å². The lowest BCUT2D eigenvalue weighted by molar-refractivity contribution is -0.149. The quantitative estimate of drug-likeness (QED) is 0.287. The summed E-state index contributed by atoms with van der Waals surface area (Å²) < 4.78 is 16.0. The van der Waals surface area contributed by atoms with Crippen LogP contribution in [0.2, 0.25) is 0 Å². The molecule has 1 saturated heterocycles. The van der Waals surface area contributed by atoms with Crippen molar-refractivity contribution in [2.75, 3.05) is 19.8 Å². The van der Waals surface area contributed by atoms with Crippen molar-refractivity contribution < 1.29 is 38.8 Å². The zero-order chi connectivity index (χ0) is 22.3. The van der Waals surface area contributed by atoms with Crippen molar-refractivity contribution >= 4 is 17.9 Å². The van der Waals surface area contributed by atoms with E-state index < -0.39 is 42.6 Å². The number of hydrogen-bond donors (Lipinski definition) is 2. The second-order valence-electron chi connectivity index (χ2n) is 7.68. The standard InChI is InChI=1S/C22H30O8/c1-13-5-4-6-16(11-23)10-19-20(14(2)21(26)29-19)18(9-13)30-22(27)17(12-24)7-8-28-15(3)25/h5,7,10,14,18-20,23-24H,4,6,8-9,11-12H2,1-3H3/b13-5+,16-10-,17-7-/t14-,18-,19+,20+/m0/s1. The Hall–Kier alpha value is -2.45. The van der Waals surface area contributed by atoms with E-state index in [1.54, 1.807) is 13.0 Å². The van der Waals surface area contributed by atoms with Gasteiger partial charge in [-0.15, -0.1) is 0 Å². The van der Waals surface area contributed by atoms with Gasteiger partial charge in [0.05, 0.1) is 30.6 Å². The van der Waals surface area contributed by atoms with E-state index in [2.05, 4.69) is 0 Å². The molecule has 0 aromatic rings. The van der Waals surface area contributed by atoms with E-state index in [0.29, 0.717) is 19.3 Å². The molecule has 0 spiro atoms. The van der Waals surface area contributed by atoms with E-state index >= 15 is 0 Å². The van der Waals surface area contributed by atoms with Crippen LogP contribution in [0.3, 0.4) is 0 Å². The molecule has 0 aromatic carbocycles. The average Bonchev–Trinajstić information content (AvgIpc) is 2.96. The molecule has 0 unspecified atom stereocenters. The van der Waals surface area contributed by atoms with Gasteiger partial charge in [-0.25, -0.2) is 4.79 Å². The molecule has 0 saturated carbocycles. The summed E-state index contributed by atoms with van der Waals surface area (Å²) >= 11 is 0. The highest BCUT2D eigenvalue weighted by atomic mass is 16.6. The second-order valence-corrected chi connectivity index (χ2v) is 7.68. The third kappa shape index (κ3) is 6.27. The Morgan fingerprint density at radius 3 is 2.70 bits per heavy atom. The average molecular weight is 422 g/mol. The predicted octanol–water partition coefficient (Wildman–Crippen LogP) is 1.61. The number of aliphatic hydroxyl groups excluding tert-OH is 2. The lowest BCUT2D eigenvalue weighted by Gasteiger charge is -2.29. The van der Waals surface area contributed by atoms with Crippen molar-refractivity contribution in [3.63, 3.8) is 0 Å². The first kappa shape index (κ1) is 23.8. The van der Waals surface area contributed by atoms with Crippen LogP contribution in [0.15, 0.2) is 34.9 Å². The van der Waals surface area contributed by atoms with Crippen LogP contribution in [0.5, 0.6) is 0 Å². The number of carbonyl (C=O) groups is 3. The van der Waals surface area contributed by atoms with Gasteiger partial charge in [0.15, 0.2) is 0 Å². The Kier molecular flexibility index (Phi) is 8.80. The minimum atomic E-state index is -0.740. The fraction of sp³-hybridized carbons (Fsp3) is 0.591. The Morgan fingerprint density at radius 2 is 2.07 bits per heavy atom. The summed E-state index contributed by atoms with van der Waals surface area (Å²) in [4.78, 5) is 35.9. The van der Waals surface area contributed by atoms with Gasteiger partial charge in [-0.2, -0.15) is 0 Å². The highest BCUT2D eigenvalue weighted by molar-refractivity contribution is 5.89. The molecule has 1 aliphatic carbocycles. The Balaban J connectivity index is 2.30. The Morgan fingerprint density at radius 1 is 1.33 bits per heavy atom. The van der Waals surface area contributed by atoms with E-state index in [4.69, 9.17) is 14.2 Å². The molecule has 2 N–H and O–H groups in total. The Labute approximate surface area is 176 Å². The molecule has 4 atom stereocenters. The number of ether oxygens (including phenoxy) is 3. The highest BCUT2D eigenvalue weighted by Gasteiger charge is 2.47. The van der Waals surface area contributed by atoms with Crippen molar-refractivity contribution in [3.8, 4) is 0 Å². The molecule has 1 fully saturated rings. The van der Waals surface area contributed by atoms with Gasteiger partial charge in [0.2, 0.25) is 0 Å². The van der Waals surface area contributed by atoms with Crippen LogP contribution in [0.1, 0.15) is 40.0 Å². The van der Waals surface area contributed by atoms with Crippen molar-refractivity contribution in [3.05, 3.63) is 34.9 Å². The van der Waals surface area contributed by atoms with Crippen LogP contribution in [0, 0.1) is 11.8 Å². The molecule has 8 heteroatoms. The molecule has 0 bridgehead atoms. The van der Waals surface area contributed by atoms with Crippen molar-refractivity contribution in [2.24, 2.45) is 11.8 Å². The summed E-state index contributed by atoms with van der Waals surface area (Å²) in [5.41, 5.74) is 1.72. The number of esters is 3. The molecule has 0 amide bonds. The monoisotopic (exact) mass is 422 g/mol. The minimum Gasteiger partial charge on any atom is -0.462 e. The normalized spacial score (nSPS) is 30.8. The summed E-state index contributed by atoms with van der Waals surface area (Å²) in [6.45, 7) is 4.03. The fourth-order valence-corrected chi connectivity index (χ4v) is 3.73. The SMILES string of the molecule is CC(=O)OC/C=C(/CO)C(=O)O[C@H]1C/C(C)=C/CC/C(CO)=C/[C@H]2OC(=O)[C@@H](C)[C@H]12. The number of aliphatic hydroxyl groups is 2. The van der Waals surface area contributed by atoms with E-state index in [0.717, 1.165) is 11.1 Å². The lowest BCUT2D eigenvalue weighted by Crippen LogP contribution is -2.36. The van der Waals surface area contributed by atoms with Gasteiger partial charge < -0.3 is 24.4 Å². The van der Waals surface area contributed by atoms with Gasteiger partial charge in [-0.05, 0) is 37.5 Å². The summed E-state index contributed by atoms with van der Waals surface area (Å²) in [5.74, 6) is -2.56. The van der Waals surface area contributed by atoms with Crippen LogP contribution >= 0.6 is 0 Å². The minimum absolute atomic E-state index is 0.0315. The number of allylic oxidation sites excluding steroid dienone is 1. The molecule has 30 heavy (non-hydrogen) atoms. The molecule has 2 aliphatic rings. The molecule has 0 radical (unpaired) electrons. The summed E-state index contributed by atoms with van der Waals surface area (Å²) in [6.07, 6.45) is 5.58. The van der Waals surface area contributed by atoms with E-state index in [1.165, 1.54) is 13.0 Å². The number of hydrogen-bond acceptors (Lipinski definition) is 8. The number of fused-ring (bicyclic) bond motifs is 1. The third-order valence-electron chi connectivity index (χ3n) is 5.40. The van der Waals surface area contributed by atoms with Gasteiger partial charge >= 0.3 is 17.9 Å². The number of rotatable bonds is 6. The second kappa shape index (κ2) is 11.1. The van der Waals surface area contributed by atoms with Crippen LogP contribution in [0.25, 0.3) is 0 Å². The predicted molar refractivity (Wildman–Crippen MR) is 107 cm³/mol. The maximum Gasteiger partial charge on any atom is 0.336 e. The first-order valence-electron chi connectivity index (χ1n) is 10.1.